The van der Waals surface area contributed by atoms with Gasteiger partial charge in [-0.3, -0.25) is 24.5 Å². The molecule has 2 N–H and O–H groups in total. The zero-order valence-corrected chi connectivity index (χ0v) is 22.0. The van der Waals surface area contributed by atoms with E-state index in [1.54, 1.807) is 46.8 Å². The summed E-state index contributed by atoms with van der Waals surface area (Å²) in [5.41, 5.74) is -1.21. The SMILES string of the molecule is CCC(CC)C(OP(=O)(O)O)=C(C(=O)OC(C)(C)C)N1C(=O)C2N=C(COc3ccccc3)SC21. The largest absolute Gasteiger partial charge is 0.524 e. The number of fused-ring (bicyclic) bond motifs is 1. The van der Waals surface area contributed by atoms with Gasteiger partial charge in [0.2, 0.25) is 0 Å². The number of esters is 1. The van der Waals surface area contributed by atoms with Gasteiger partial charge in [0.05, 0.1) is 0 Å². The fourth-order valence-corrected chi connectivity index (χ4v) is 5.42. The first-order valence-electron chi connectivity index (χ1n) is 11.3. The summed E-state index contributed by atoms with van der Waals surface area (Å²) >= 11 is 1.26. The molecule has 1 aromatic carbocycles. The van der Waals surface area contributed by atoms with Gasteiger partial charge in [-0.25, -0.2) is 9.36 Å². The van der Waals surface area contributed by atoms with Crippen LogP contribution in [0.1, 0.15) is 47.5 Å². The molecule has 12 heteroatoms. The highest BCUT2D eigenvalue weighted by molar-refractivity contribution is 8.15. The number of hydrogen-bond donors (Lipinski definition) is 2. The first-order valence-corrected chi connectivity index (χ1v) is 13.7. The molecule has 2 aliphatic heterocycles. The molecule has 0 saturated carbocycles. The lowest BCUT2D eigenvalue weighted by molar-refractivity contribution is -0.158. The number of likely N-dealkylation sites (tertiary alicyclic amines) is 1. The maximum absolute atomic E-state index is 13.3. The van der Waals surface area contributed by atoms with E-state index in [2.05, 4.69) is 4.99 Å². The monoisotopic (exact) mass is 526 g/mol. The van der Waals surface area contributed by atoms with E-state index >= 15 is 0 Å². The molecule has 0 radical (unpaired) electrons. The number of nitrogens with zero attached hydrogens (tertiary/aromatic N) is 2. The highest BCUT2D eigenvalue weighted by atomic mass is 32.2. The predicted octanol–water partition coefficient (Wildman–Crippen LogP) is 3.85. The molecule has 10 nitrogen and oxygen atoms in total. The van der Waals surface area contributed by atoms with Crippen molar-refractivity contribution in [2.24, 2.45) is 10.9 Å². The third kappa shape index (κ3) is 6.67. The van der Waals surface area contributed by atoms with Crippen molar-refractivity contribution in [3.63, 3.8) is 0 Å². The molecule has 0 bridgehead atoms. The summed E-state index contributed by atoms with van der Waals surface area (Å²) in [6.45, 7) is 8.74. The summed E-state index contributed by atoms with van der Waals surface area (Å²) in [6.07, 6.45) is 0.849. The van der Waals surface area contributed by atoms with Crippen molar-refractivity contribution >= 4 is 36.5 Å². The van der Waals surface area contributed by atoms with E-state index in [1.807, 2.05) is 18.2 Å². The van der Waals surface area contributed by atoms with E-state index in [1.165, 1.54) is 16.7 Å². The molecule has 35 heavy (non-hydrogen) atoms. The summed E-state index contributed by atoms with van der Waals surface area (Å²) in [7, 11) is -5.04. The molecule has 3 rings (SSSR count). The molecule has 1 saturated heterocycles. The van der Waals surface area contributed by atoms with E-state index in [4.69, 9.17) is 14.0 Å². The molecular formula is C23H31N2O8PS. The Bertz CT molecular complexity index is 1060. The number of β-lactam (4-membered cyclic amide) rings is 1. The van der Waals surface area contributed by atoms with Gasteiger partial charge in [-0.05, 0) is 45.7 Å². The number of phosphoric ester groups is 1. The van der Waals surface area contributed by atoms with Crippen LogP contribution in [0, 0.1) is 5.92 Å². The minimum atomic E-state index is -5.04. The molecule has 192 valence electrons. The molecule has 1 amide bonds. The molecule has 1 aromatic rings. The molecule has 2 unspecified atom stereocenters. The summed E-state index contributed by atoms with van der Waals surface area (Å²) in [4.78, 5) is 51.2. The lowest BCUT2D eigenvalue weighted by Gasteiger charge is -2.42. The third-order valence-electron chi connectivity index (χ3n) is 5.30. The number of para-hydroxylation sites is 1. The lowest BCUT2D eigenvalue weighted by Crippen LogP contribution is -2.61. The van der Waals surface area contributed by atoms with Crippen LogP contribution in [-0.4, -0.2) is 55.2 Å². The highest BCUT2D eigenvalue weighted by Gasteiger charge is 2.56. The topological polar surface area (TPSA) is 135 Å². The van der Waals surface area contributed by atoms with Crippen molar-refractivity contribution in [1.29, 1.82) is 0 Å². The fraction of sp³-hybridized carbons (Fsp3) is 0.522. The molecular weight excluding hydrogens is 495 g/mol. The van der Waals surface area contributed by atoms with Gasteiger partial charge in [0, 0.05) is 5.92 Å². The van der Waals surface area contributed by atoms with Crippen LogP contribution in [0.3, 0.4) is 0 Å². The second-order valence-corrected chi connectivity index (χ2v) is 11.4. The molecule has 2 aliphatic rings. The van der Waals surface area contributed by atoms with Gasteiger partial charge >= 0.3 is 13.8 Å². The minimum absolute atomic E-state index is 0.146. The quantitative estimate of drug-likeness (QED) is 0.153. The van der Waals surface area contributed by atoms with Gasteiger partial charge < -0.3 is 14.0 Å². The van der Waals surface area contributed by atoms with Crippen LogP contribution in [0.15, 0.2) is 46.8 Å². The average Bonchev–Trinajstić information content (AvgIpc) is 3.14. The first-order chi connectivity index (χ1) is 16.3. The minimum Gasteiger partial charge on any atom is -0.487 e. The van der Waals surface area contributed by atoms with Gasteiger partial charge in [-0.2, -0.15) is 0 Å². The van der Waals surface area contributed by atoms with Crippen LogP contribution in [-0.2, 0) is 23.4 Å². The maximum atomic E-state index is 13.3. The van der Waals surface area contributed by atoms with Crippen molar-refractivity contribution in [3.8, 4) is 5.75 Å². The number of allylic oxidation sites excluding steroid dienone is 1. The zero-order valence-electron chi connectivity index (χ0n) is 20.3. The van der Waals surface area contributed by atoms with Gasteiger partial charge in [-0.15, -0.1) is 0 Å². The number of ether oxygens (including phenoxy) is 2. The van der Waals surface area contributed by atoms with Crippen LogP contribution in [0.4, 0.5) is 0 Å². The normalized spacial score (nSPS) is 20.6. The van der Waals surface area contributed by atoms with E-state index < -0.39 is 42.6 Å². The molecule has 0 aromatic heterocycles. The number of aliphatic imine (C=N–C) groups is 1. The fourth-order valence-electron chi connectivity index (χ4n) is 3.72. The second kappa shape index (κ2) is 10.7. The smallest absolute Gasteiger partial charge is 0.487 e. The van der Waals surface area contributed by atoms with Crippen LogP contribution in [0.25, 0.3) is 0 Å². The van der Waals surface area contributed by atoms with Crippen molar-refractivity contribution in [2.75, 3.05) is 6.61 Å². The first kappa shape index (κ1) is 27.3. The third-order valence-corrected chi connectivity index (χ3v) is 6.94. The lowest BCUT2D eigenvalue weighted by atomic mass is 9.97. The highest BCUT2D eigenvalue weighted by Crippen LogP contribution is 2.47. The summed E-state index contributed by atoms with van der Waals surface area (Å²) < 4.78 is 28.1. The summed E-state index contributed by atoms with van der Waals surface area (Å²) in [5, 5.41) is -0.00708. The Labute approximate surface area is 209 Å². The Hall–Kier alpha value is -2.33. The van der Waals surface area contributed by atoms with Gasteiger partial charge in [-0.1, -0.05) is 43.8 Å². The molecule has 2 heterocycles. The summed E-state index contributed by atoms with van der Waals surface area (Å²) in [6, 6.07) is 8.42. The number of carbonyl (C=O) groups excluding carboxylic acids is 2. The number of hydrogen-bond acceptors (Lipinski definition) is 8. The number of rotatable bonds is 10. The Balaban J connectivity index is 1.94. The van der Waals surface area contributed by atoms with E-state index in [0.29, 0.717) is 23.6 Å². The van der Waals surface area contributed by atoms with Crippen molar-refractivity contribution < 1.29 is 37.9 Å². The zero-order chi connectivity index (χ0) is 26.0. The molecule has 2 atom stereocenters. The Kier molecular flexibility index (Phi) is 8.36. The maximum Gasteiger partial charge on any atom is 0.524 e. The Morgan fingerprint density at radius 3 is 2.37 bits per heavy atom. The number of phosphoric acid groups is 1. The van der Waals surface area contributed by atoms with Gasteiger partial charge in [0.1, 0.15) is 34.1 Å². The standard InChI is InChI=1S/C23H31N2O8PS/c1-6-14(7-2)19(33-34(28,29)30)18(22(27)32-23(3,4)5)25-20(26)17-21(25)35-16(24-17)13-31-15-11-9-8-10-12-15/h8-12,14,17,21H,6-7,13H2,1-5H3,(H2,28,29,30). The van der Waals surface area contributed by atoms with Crippen molar-refractivity contribution in [2.45, 2.75) is 64.5 Å². The number of benzene rings is 1. The van der Waals surface area contributed by atoms with E-state index in [-0.39, 0.29) is 18.1 Å². The van der Waals surface area contributed by atoms with E-state index in [9.17, 15) is 23.9 Å². The molecule has 1 fully saturated rings. The van der Waals surface area contributed by atoms with Crippen LogP contribution < -0.4 is 4.74 Å². The predicted molar refractivity (Wildman–Crippen MR) is 131 cm³/mol. The Morgan fingerprint density at radius 1 is 1.20 bits per heavy atom. The number of amides is 1. The van der Waals surface area contributed by atoms with Crippen molar-refractivity contribution in [1.82, 2.24) is 4.90 Å². The van der Waals surface area contributed by atoms with Crippen LogP contribution in [0.2, 0.25) is 0 Å². The number of carbonyl (C=O) groups is 2. The second-order valence-electron chi connectivity index (χ2n) is 9.10. The van der Waals surface area contributed by atoms with Crippen LogP contribution >= 0.6 is 19.6 Å². The van der Waals surface area contributed by atoms with E-state index in [0.717, 1.165) is 0 Å². The Morgan fingerprint density at radius 2 is 1.83 bits per heavy atom. The molecule has 0 spiro atoms. The number of thioether (sulfide) groups is 1. The van der Waals surface area contributed by atoms with Gasteiger partial charge in [0.25, 0.3) is 5.91 Å². The molecule has 0 aliphatic carbocycles. The van der Waals surface area contributed by atoms with Gasteiger partial charge in [0.15, 0.2) is 11.7 Å². The van der Waals surface area contributed by atoms with Crippen molar-refractivity contribution in [3.05, 3.63) is 41.8 Å². The van der Waals surface area contributed by atoms with Crippen LogP contribution in [0.5, 0.6) is 5.75 Å². The summed E-state index contributed by atoms with van der Waals surface area (Å²) in [5.74, 6) is -1.49. The average molecular weight is 527 g/mol.